The van der Waals surface area contributed by atoms with Gasteiger partial charge in [0.2, 0.25) is 0 Å². The van der Waals surface area contributed by atoms with Gasteiger partial charge in [-0.05, 0) is 23.3 Å². The first kappa shape index (κ1) is 36.6. The summed E-state index contributed by atoms with van der Waals surface area (Å²) >= 11 is 4.31. The zero-order valence-corrected chi connectivity index (χ0v) is 29.6. The lowest BCUT2D eigenvalue weighted by atomic mass is 9.63. The van der Waals surface area contributed by atoms with Crippen molar-refractivity contribution in [3.63, 3.8) is 0 Å². The van der Waals surface area contributed by atoms with E-state index in [-0.39, 0.29) is 12.2 Å². The highest BCUT2D eigenvalue weighted by molar-refractivity contribution is 7.98. The van der Waals surface area contributed by atoms with Gasteiger partial charge in [-0.1, -0.05) is 41.5 Å². The lowest BCUT2D eigenvalue weighted by molar-refractivity contribution is -0.274. The topological polar surface area (TPSA) is 142 Å². The Kier molecular flexibility index (Phi) is 11.8. The Morgan fingerprint density at radius 3 is 1.48 bits per heavy atom. The molecule has 242 valence electrons. The average molecular weight is 673 g/mol. The molecule has 0 aliphatic carbocycles. The van der Waals surface area contributed by atoms with Crippen LogP contribution in [0.1, 0.15) is 48.0 Å². The molecule has 3 unspecified atom stereocenters. The summed E-state index contributed by atoms with van der Waals surface area (Å²) < 4.78 is 17.2. The number of hydroxylamine groups is 2. The molecule has 2 fully saturated rings. The van der Waals surface area contributed by atoms with Gasteiger partial charge in [0.15, 0.2) is 0 Å². The first-order valence-corrected chi connectivity index (χ1v) is 17.2. The maximum atomic E-state index is 13.9. The van der Waals surface area contributed by atoms with Crippen LogP contribution in [0.15, 0.2) is 0 Å². The number of carbonyl (C=O) groups excluding carboxylic acids is 4. The van der Waals surface area contributed by atoms with Crippen molar-refractivity contribution < 1.29 is 38.3 Å². The van der Waals surface area contributed by atoms with Crippen molar-refractivity contribution in [2.75, 3.05) is 52.2 Å². The second-order valence-electron chi connectivity index (χ2n) is 12.1. The van der Waals surface area contributed by atoms with Gasteiger partial charge in [0, 0.05) is 39.7 Å². The van der Waals surface area contributed by atoms with E-state index < -0.39 is 52.1 Å². The molecule has 2 heterocycles. The smallest absolute Gasteiger partial charge is 0.403 e. The molecule has 0 bridgehead atoms. The summed E-state index contributed by atoms with van der Waals surface area (Å²) in [6, 6.07) is 0. The van der Waals surface area contributed by atoms with Gasteiger partial charge in [-0.3, -0.25) is 0 Å². The molecule has 0 aromatic heterocycles. The SMILES string of the molecule is CSCC1(C(C)(C)C)CC2(OC(=O)N(C)SN(C)C(=O)ON1)OC(=O)N(C)SN(C)C(=O)ONC2(CSC)C(C)(C)C. The first-order chi connectivity index (χ1) is 19.2. The third-order valence-electron chi connectivity index (χ3n) is 7.32. The Balaban J connectivity index is 3.09. The van der Waals surface area contributed by atoms with Crippen molar-refractivity contribution in [1.82, 2.24) is 28.2 Å². The quantitative estimate of drug-likeness (QED) is 0.312. The van der Waals surface area contributed by atoms with Crippen LogP contribution >= 0.6 is 47.8 Å². The number of hydrogen-bond acceptors (Lipinski definition) is 14. The van der Waals surface area contributed by atoms with Gasteiger partial charge in [0.25, 0.3) is 5.79 Å². The lowest BCUT2D eigenvalue weighted by Crippen LogP contribution is -2.77. The normalized spacial score (nSPS) is 29.4. The molecule has 0 saturated carbocycles. The lowest BCUT2D eigenvalue weighted by Gasteiger charge is -2.57. The zero-order valence-electron chi connectivity index (χ0n) is 26.3. The van der Waals surface area contributed by atoms with Crippen LogP contribution in [0, 0.1) is 10.8 Å². The Bertz CT molecular complexity index is 1030. The first-order valence-electron chi connectivity index (χ1n) is 12.9. The Hall–Kier alpha value is -1.60. The van der Waals surface area contributed by atoms with Crippen LogP contribution < -0.4 is 11.0 Å². The number of amides is 4. The van der Waals surface area contributed by atoms with Gasteiger partial charge in [0.1, 0.15) is 5.54 Å². The summed E-state index contributed by atoms with van der Waals surface area (Å²) in [5.41, 5.74) is 1.60. The maximum Gasteiger partial charge on any atom is 0.439 e. The van der Waals surface area contributed by atoms with E-state index in [0.29, 0.717) is 5.75 Å². The van der Waals surface area contributed by atoms with E-state index in [9.17, 15) is 19.2 Å². The molecule has 3 atom stereocenters. The molecule has 0 radical (unpaired) electrons. The van der Waals surface area contributed by atoms with E-state index in [0.717, 1.165) is 41.5 Å². The number of rotatable bonds is 4. The van der Waals surface area contributed by atoms with Gasteiger partial charge >= 0.3 is 24.4 Å². The molecule has 14 nitrogen and oxygen atoms in total. The fourth-order valence-corrected chi connectivity index (χ4v) is 7.88. The van der Waals surface area contributed by atoms with Crippen LogP contribution in [-0.2, 0) is 19.1 Å². The number of nitrogens with zero attached hydrogens (tertiary/aromatic N) is 4. The molecule has 2 rings (SSSR count). The summed E-state index contributed by atoms with van der Waals surface area (Å²) in [7, 11) is 5.73. The summed E-state index contributed by atoms with van der Waals surface area (Å²) in [4.78, 5) is 65.1. The minimum Gasteiger partial charge on any atom is -0.403 e. The van der Waals surface area contributed by atoms with Crippen molar-refractivity contribution in [2.45, 2.75) is 64.8 Å². The monoisotopic (exact) mass is 672 g/mol. The van der Waals surface area contributed by atoms with E-state index in [2.05, 4.69) is 11.0 Å². The standard InChI is InChI=1S/C24H44N6O8S4/c1-20(2,3)22(14-39-11)13-24(35-16(31)27(7)41-29(9)18(33)37-25-22)23(15-40-12,21(4,5)6)26-38-19(34)30(10)42-28(8)17(32)36-24/h25-26H,13-15H2,1-12H3. The van der Waals surface area contributed by atoms with E-state index in [1.54, 1.807) is 0 Å². The molecule has 1 spiro atoms. The van der Waals surface area contributed by atoms with Crippen molar-refractivity contribution >= 4 is 72.2 Å². The van der Waals surface area contributed by atoms with Gasteiger partial charge in [0.05, 0.1) is 36.2 Å². The van der Waals surface area contributed by atoms with Crippen molar-refractivity contribution in [3.8, 4) is 0 Å². The molecule has 2 N–H and O–H groups in total. The molecular weight excluding hydrogens is 629 g/mol. The number of hydrogen-bond donors (Lipinski definition) is 2. The van der Waals surface area contributed by atoms with Crippen LogP contribution in [0.2, 0.25) is 0 Å². The minimum atomic E-state index is -2.16. The fraction of sp³-hybridized carbons (Fsp3) is 0.833. The molecule has 4 amide bonds. The predicted molar refractivity (Wildman–Crippen MR) is 167 cm³/mol. The highest BCUT2D eigenvalue weighted by Crippen LogP contribution is 2.52. The maximum absolute atomic E-state index is 13.9. The van der Waals surface area contributed by atoms with Crippen molar-refractivity contribution in [1.29, 1.82) is 0 Å². The molecule has 18 heteroatoms. The van der Waals surface area contributed by atoms with Crippen LogP contribution in [0.4, 0.5) is 19.2 Å². The second-order valence-corrected chi connectivity index (χ2v) is 16.4. The van der Waals surface area contributed by atoms with E-state index in [1.165, 1.54) is 51.7 Å². The van der Waals surface area contributed by atoms with Crippen LogP contribution in [0.5, 0.6) is 0 Å². The molecule has 2 aliphatic heterocycles. The van der Waals surface area contributed by atoms with Crippen LogP contribution in [-0.4, -0.2) is 111 Å². The third kappa shape index (κ3) is 7.36. The van der Waals surface area contributed by atoms with Gasteiger partial charge in [-0.25, -0.2) is 36.4 Å². The third-order valence-corrected chi connectivity index (χ3v) is 10.4. The molecule has 0 aromatic carbocycles. The fourth-order valence-electron chi connectivity index (χ4n) is 4.50. The van der Waals surface area contributed by atoms with Crippen LogP contribution in [0.25, 0.3) is 0 Å². The number of carbonyl (C=O) groups is 4. The highest BCUT2D eigenvalue weighted by atomic mass is 32.2. The van der Waals surface area contributed by atoms with Crippen LogP contribution in [0.3, 0.4) is 0 Å². The average Bonchev–Trinajstić information content (AvgIpc) is 2.87. The summed E-state index contributed by atoms with van der Waals surface area (Å²) in [6.45, 7) is 11.4. The Morgan fingerprint density at radius 2 is 1.10 bits per heavy atom. The predicted octanol–water partition coefficient (Wildman–Crippen LogP) is 4.81. The van der Waals surface area contributed by atoms with Gasteiger partial charge in [-0.2, -0.15) is 23.5 Å². The number of nitrogens with one attached hydrogen (secondary N) is 2. The molecule has 2 aliphatic rings. The van der Waals surface area contributed by atoms with Gasteiger partial charge in [-0.15, -0.1) is 11.0 Å². The summed E-state index contributed by atoms with van der Waals surface area (Å²) in [5, 5.41) is 0. The molecule has 2 saturated heterocycles. The minimum absolute atomic E-state index is 0.154. The molecule has 0 aromatic rings. The second kappa shape index (κ2) is 13.6. The Morgan fingerprint density at radius 1 is 0.690 bits per heavy atom. The number of thioether (sulfide) groups is 2. The van der Waals surface area contributed by atoms with Gasteiger partial charge < -0.3 is 19.1 Å². The van der Waals surface area contributed by atoms with E-state index >= 15 is 0 Å². The Labute approximate surface area is 265 Å². The van der Waals surface area contributed by atoms with Crippen molar-refractivity contribution in [3.05, 3.63) is 0 Å². The number of ether oxygens (including phenoxy) is 2. The highest BCUT2D eigenvalue weighted by Gasteiger charge is 2.69. The van der Waals surface area contributed by atoms with Crippen molar-refractivity contribution in [2.24, 2.45) is 10.8 Å². The molecule has 42 heavy (non-hydrogen) atoms. The zero-order chi connectivity index (χ0) is 32.3. The van der Waals surface area contributed by atoms with E-state index in [1.807, 2.05) is 54.1 Å². The summed E-state index contributed by atoms with van der Waals surface area (Å²) in [5.74, 6) is -1.67. The summed E-state index contributed by atoms with van der Waals surface area (Å²) in [6.07, 6.45) is 0.171. The molecular formula is C24H44N6O8S4. The largest absolute Gasteiger partial charge is 0.439 e. The van der Waals surface area contributed by atoms with E-state index in [4.69, 9.17) is 19.1 Å².